The highest BCUT2D eigenvalue weighted by atomic mass is 16.5. The molecular weight excluding hydrogens is 356 g/mol. The van der Waals surface area contributed by atoms with Crippen LogP contribution in [-0.2, 0) is 13.1 Å². The van der Waals surface area contributed by atoms with Gasteiger partial charge in [-0.1, -0.05) is 12.1 Å². The Morgan fingerprint density at radius 1 is 1.25 bits per heavy atom. The maximum Gasteiger partial charge on any atom is 0.275 e. The third-order valence-corrected chi connectivity index (χ3v) is 5.15. The Labute approximate surface area is 166 Å². The molecule has 0 atom stereocenters. The summed E-state index contributed by atoms with van der Waals surface area (Å²) in [5.41, 5.74) is 1.55. The van der Waals surface area contributed by atoms with E-state index in [2.05, 4.69) is 41.7 Å². The van der Waals surface area contributed by atoms with E-state index in [0.717, 1.165) is 44.0 Å². The van der Waals surface area contributed by atoms with Crippen LogP contribution in [0.15, 0.2) is 34.9 Å². The topological polar surface area (TPSA) is 62.1 Å². The first-order valence-corrected chi connectivity index (χ1v) is 9.75. The molecule has 3 rings (SSSR count). The number of hydrogen-bond donors (Lipinski definition) is 0. The second kappa shape index (κ2) is 9.21. The summed E-state index contributed by atoms with van der Waals surface area (Å²) in [6.07, 6.45) is 1.49. The van der Waals surface area contributed by atoms with E-state index in [0.29, 0.717) is 24.2 Å². The summed E-state index contributed by atoms with van der Waals surface area (Å²) in [5, 5.41) is 0. The highest BCUT2D eigenvalue weighted by Crippen LogP contribution is 2.18. The van der Waals surface area contributed by atoms with Crippen LogP contribution >= 0.6 is 0 Å². The standard InChI is InChI=1S/C21H30N4O3/c1-16(2)25(13-17-6-5-7-18(12-17)27-4)14-20-22-19(15-28-20)21(26)24-10-8-23(3)9-11-24/h5-7,12,15-16H,8-11,13-14H2,1-4H3. The molecule has 7 nitrogen and oxygen atoms in total. The first-order valence-electron chi connectivity index (χ1n) is 9.75. The SMILES string of the molecule is COc1cccc(CN(Cc2nc(C(=O)N3CCN(C)CC3)co2)C(C)C)c1. The van der Waals surface area contributed by atoms with Crippen molar-refractivity contribution in [1.29, 1.82) is 0 Å². The number of nitrogens with zero attached hydrogens (tertiary/aromatic N) is 4. The smallest absolute Gasteiger partial charge is 0.275 e. The van der Waals surface area contributed by atoms with Gasteiger partial charge in [-0.2, -0.15) is 0 Å². The number of aromatic nitrogens is 1. The van der Waals surface area contributed by atoms with Crippen molar-refractivity contribution in [3.8, 4) is 5.75 Å². The Morgan fingerprint density at radius 2 is 2.00 bits per heavy atom. The lowest BCUT2D eigenvalue weighted by molar-refractivity contribution is 0.0658. The number of methoxy groups -OCH3 is 1. The summed E-state index contributed by atoms with van der Waals surface area (Å²) in [5.74, 6) is 1.36. The predicted octanol–water partition coefficient (Wildman–Crippen LogP) is 2.48. The average Bonchev–Trinajstić information content (AvgIpc) is 3.16. The van der Waals surface area contributed by atoms with Crippen molar-refractivity contribution >= 4 is 5.91 Å². The van der Waals surface area contributed by atoms with Crippen molar-refractivity contribution in [3.05, 3.63) is 47.7 Å². The summed E-state index contributed by atoms with van der Waals surface area (Å²) in [4.78, 5) is 23.4. The lowest BCUT2D eigenvalue weighted by atomic mass is 10.2. The number of carbonyl (C=O) groups excluding carboxylic acids is 1. The number of ether oxygens (including phenoxy) is 1. The van der Waals surface area contributed by atoms with Gasteiger partial charge in [-0.3, -0.25) is 9.69 Å². The first kappa shape index (κ1) is 20.4. The van der Waals surface area contributed by atoms with Crippen molar-refractivity contribution in [3.63, 3.8) is 0 Å². The number of likely N-dealkylation sites (N-methyl/N-ethyl adjacent to an activating group) is 1. The molecule has 0 saturated carbocycles. The van der Waals surface area contributed by atoms with E-state index in [-0.39, 0.29) is 5.91 Å². The number of oxazole rings is 1. The van der Waals surface area contributed by atoms with E-state index in [1.807, 2.05) is 23.1 Å². The number of carbonyl (C=O) groups is 1. The number of benzene rings is 1. The second-order valence-electron chi connectivity index (χ2n) is 7.57. The average molecular weight is 386 g/mol. The fourth-order valence-electron chi connectivity index (χ4n) is 3.25. The van der Waals surface area contributed by atoms with Crippen molar-refractivity contribution in [2.24, 2.45) is 0 Å². The summed E-state index contributed by atoms with van der Waals surface area (Å²) in [6.45, 7) is 8.80. The minimum absolute atomic E-state index is 0.0491. The van der Waals surface area contributed by atoms with Crippen molar-refractivity contribution in [2.75, 3.05) is 40.3 Å². The van der Waals surface area contributed by atoms with Crippen LogP contribution in [0.25, 0.3) is 0 Å². The highest BCUT2D eigenvalue weighted by Gasteiger charge is 2.24. The van der Waals surface area contributed by atoms with Gasteiger partial charge in [-0.25, -0.2) is 4.98 Å². The van der Waals surface area contributed by atoms with Gasteiger partial charge in [0.2, 0.25) is 5.89 Å². The Hall–Kier alpha value is -2.38. The number of rotatable bonds is 7. The fraction of sp³-hybridized carbons (Fsp3) is 0.524. The molecule has 1 saturated heterocycles. The minimum atomic E-state index is -0.0491. The molecule has 1 fully saturated rings. The Kier molecular flexibility index (Phi) is 6.70. The molecule has 2 heterocycles. The van der Waals surface area contributed by atoms with Gasteiger partial charge >= 0.3 is 0 Å². The number of hydrogen-bond acceptors (Lipinski definition) is 6. The minimum Gasteiger partial charge on any atom is -0.497 e. The molecule has 1 amide bonds. The Balaban J connectivity index is 1.65. The molecule has 28 heavy (non-hydrogen) atoms. The zero-order valence-electron chi connectivity index (χ0n) is 17.2. The molecule has 152 valence electrons. The van der Waals surface area contributed by atoms with Crippen molar-refractivity contribution < 1.29 is 13.9 Å². The quantitative estimate of drug-likeness (QED) is 0.729. The fourth-order valence-corrected chi connectivity index (χ4v) is 3.25. The van der Waals surface area contributed by atoms with Crippen molar-refractivity contribution in [2.45, 2.75) is 33.0 Å². The molecule has 0 N–H and O–H groups in total. The van der Waals surface area contributed by atoms with Gasteiger partial charge in [0, 0.05) is 38.8 Å². The summed E-state index contributed by atoms with van der Waals surface area (Å²) in [6, 6.07) is 8.34. The third kappa shape index (κ3) is 5.11. The zero-order valence-corrected chi connectivity index (χ0v) is 17.2. The largest absolute Gasteiger partial charge is 0.497 e. The molecule has 0 radical (unpaired) electrons. The molecule has 1 aliphatic rings. The van der Waals surface area contributed by atoms with Crippen LogP contribution in [-0.4, -0.2) is 72.0 Å². The van der Waals surface area contributed by atoms with E-state index < -0.39 is 0 Å². The molecule has 0 unspecified atom stereocenters. The van der Waals surface area contributed by atoms with Gasteiger partial charge in [0.05, 0.1) is 13.7 Å². The van der Waals surface area contributed by atoms with Crippen LogP contribution in [0.5, 0.6) is 5.75 Å². The van der Waals surface area contributed by atoms with Crippen LogP contribution in [0, 0.1) is 0 Å². The molecule has 0 bridgehead atoms. The van der Waals surface area contributed by atoms with Crippen LogP contribution in [0.1, 0.15) is 35.8 Å². The lowest BCUT2D eigenvalue weighted by Crippen LogP contribution is -2.47. The second-order valence-corrected chi connectivity index (χ2v) is 7.57. The van der Waals surface area contributed by atoms with Crippen molar-refractivity contribution in [1.82, 2.24) is 19.7 Å². The molecule has 2 aromatic rings. The van der Waals surface area contributed by atoms with Gasteiger partial charge in [-0.15, -0.1) is 0 Å². The normalized spacial score (nSPS) is 15.4. The molecule has 1 aromatic carbocycles. The summed E-state index contributed by atoms with van der Waals surface area (Å²) in [7, 11) is 3.74. The predicted molar refractivity (Wildman–Crippen MR) is 107 cm³/mol. The van der Waals surface area contributed by atoms with E-state index in [9.17, 15) is 4.79 Å². The van der Waals surface area contributed by atoms with Crippen LogP contribution in [0.2, 0.25) is 0 Å². The van der Waals surface area contributed by atoms with Crippen LogP contribution < -0.4 is 4.74 Å². The summed E-state index contributed by atoms with van der Waals surface area (Å²) >= 11 is 0. The highest BCUT2D eigenvalue weighted by molar-refractivity contribution is 5.92. The number of piperazine rings is 1. The molecular formula is C21H30N4O3. The zero-order chi connectivity index (χ0) is 20.1. The van der Waals surface area contributed by atoms with Crippen LogP contribution in [0.4, 0.5) is 0 Å². The third-order valence-electron chi connectivity index (χ3n) is 5.15. The molecule has 7 heteroatoms. The molecule has 1 aliphatic heterocycles. The molecule has 0 spiro atoms. The van der Waals surface area contributed by atoms with Gasteiger partial charge in [0.15, 0.2) is 5.69 Å². The van der Waals surface area contributed by atoms with E-state index in [1.165, 1.54) is 6.26 Å². The first-order chi connectivity index (χ1) is 13.5. The lowest BCUT2D eigenvalue weighted by Gasteiger charge is -2.31. The van der Waals surface area contributed by atoms with E-state index in [4.69, 9.17) is 9.15 Å². The van der Waals surface area contributed by atoms with Crippen LogP contribution in [0.3, 0.4) is 0 Å². The Bertz CT molecular complexity index is 781. The maximum atomic E-state index is 12.7. The maximum absolute atomic E-state index is 12.7. The monoisotopic (exact) mass is 386 g/mol. The summed E-state index contributed by atoms with van der Waals surface area (Å²) < 4.78 is 10.9. The van der Waals surface area contributed by atoms with Gasteiger partial charge in [0.1, 0.15) is 12.0 Å². The molecule has 1 aromatic heterocycles. The number of amides is 1. The van der Waals surface area contributed by atoms with Gasteiger partial charge in [-0.05, 0) is 38.6 Å². The Morgan fingerprint density at radius 3 is 2.68 bits per heavy atom. The van der Waals surface area contributed by atoms with Gasteiger partial charge < -0.3 is 19.0 Å². The van der Waals surface area contributed by atoms with E-state index >= 15 is 0 Å². The molecule has 0 aliphatic carbocycles. The van der Waals surface area contributed by atoms with Gasteiger partial charge in [0.25, 0.3) is 5.91 Å². The van der Waals surface area contributed by atoms with E-state index in [1.54, 1.807) is 7.11 Å².